The molecule has 2 atom stereocenters. The van der Waals surface area contributed by atoms with E-state index < -0.39 is 28.3 Å². The smallest absolute Gasteiger partial charge is 0.193 e. The summed E-state index contributed by atoms with van der Waals surface area (Å²) in [5, 5.41) is 4.53. The van der Waals surface area contributed by atoms with Crippen LogP contribution < -0.4 is 5.73 Å². The van der Waals surface area contributed by atoms with Gasteiger partial charge < -0.3 is 19.3 Å². The molecule has 1 unspecified atom stereocenters. The Bertz CT molecular complexity index is 1020. The molecular weight excluding hydrogens is 436 g/mol. The summed E-state index contributed by atoms with van der Waals surface area (Å²) in [5.41, 5.74) is 6.86. The maximum absolute atomic E-state index is 7.21. The van der Waals surface area contributed by atoms with Gasteiger partial charge in [0.05, 0.1) is 5.69 Å². The van der Waals surface area contributed by atoms with E-state index in [0.29, 0.717) is 18.2 Å². The van der Waals surface area contributed by atoms with Gasteiger partial charge in [-0.15, -0.1) is 0 Å². The minimum atomic E-state index is -2.27. The van der Waals surface area contributed by atoms with Crippen LogP contribution in [0.4, 0.5) is 5.82 Å². The van der Waals surface area contributed by atoms with Crippen LogP contribution in [-0.2, 0) is 19.2 Å². The Morgan fingerprint density at radius 2 is 1.69 bits per heavy atom. The summed E-state index contributed by atoms with van der Waals surface area (Å²) in [4.78, 5) is 4.15. The molecule has 0 radical (unpaired) electrons. The number of fused-ring (bicyclic) bond motifs is 1. The summed E-state index contributed by atoms with van der Waals surface area (Å²) < 4.78 is 22.1. The lowest BCUT2D eigenvalue weighted by Crippen LogP contribution is -2.57. The van der Waals surface area contributed by atoms with Crippen molar-refractivity contribution in [3.05, 3.63) is 36.5 Å². The fraction of sp³-hybridized carbons (Fsp3) is 0.652. The lowest BCUT2D eigenvalue weighted by molar-refractivity contribution is -0.0324. The van der Waals surface area contributed by atoms with Crippen LogP contribution in [0.15, 0.2) is 30.8 Å². The molecule has 178 valence electrons. The molecule has 1 aliphatic heterocycles. The van der Waals surface area contributed by atoms with E-state index >= 15 is 0 Å². The molecule has 32 heavy (non-hydrogen) atoms. The second-order valence-corrected chi connectivity index (χ2v) is 21.4. The van der Waals surface area contributed by atoms with Crippen LogP contribution >= 0.6 is 0 Å². The number of rotatable bonds is 5. The zero-order chi connectivity index (χ0) is 24.3. The van der Waals surface area contributed by atoms with Crippen LogP contribution in [0.5, 0.6) is 0 Å². The highest BCUT2D eigenvalue weighted by molar-refractivity contribution is 6.74. The third-order valence-corrected chi connectivity index (χ3v) is 16.5. The summed E-state index contributed by atoms with van der Waals surface area (Å²) in [5.74, 6) is 1.03. The number of nitrogen functional groups attached to an aromatic ring is 1. The molecule has 9 heteroatoms. The molecule has 0 aromatic carbocycles. The Labute approximate surface area is 194 Å². The van der Waals surface area contributed by atoms with Crippen molar-refractivity contribution in [2.45, 2.75) is 89.5 Å². The van der Waals surface area contributed by atoms with Crippen molar-refractivity contribution in [3.63, 3.8) is 0 Å². The van der Waals surface area contributed by atoms with Crippen LogP contribution in [0.2, 0.25) is 36.3 Å². The van der Waals surface area contributed by atoms with Gasteiger partial charge in [-0.3, -0.25) is 0 Å². The largest absolute Gasteiger partial charge is 0.492 e. The first-order valence-corrected chi connectivity index (χ1v) is 17.0. The predicted molar refractivity (Wildman–Crippen MR) is 135 cm³/mol. The summed E-state index contributed by atoms with van der Waals surface area (Å²) in [6, 6.07) is 3.95. The summed E-state index contributed by atoms with van der Waals surface area (Å²) >= 11 is 0. The van der Waals surface area contributed by atoms with Gasteiger partial charge in [-0.25, -0.2) is 9.50 Å². The number of hydrogen-bond acceptors (Lipinski definition) is 6. The molecule has 1 aliphatic rings. The van der Waals surface area contributed by atoms with Gasteiger partial charge in [0.25, 0.3) is 0 Å². The molecule has 2 aromatic heterocycles. The molecular formula is C23H40N4O3Si2. The molecule has 3 rings (SSSR count). The van der Waals surface area contributed by atoms with Crippen LogP contribution in [0.3, 0.4) is 0 Å². The highest BCUT2D eigenvalue weighted by Crippen LogP contribution is 2.50. The maximum Gasteiger partial charge on any atom is 0.193 e. The lowest BCUT2D eigenvalue weighted by Gasteiger charge is -2.47. The van der Waals surface area contributed by atoms with Crippen molar-refractivity contribution in [1.82, 2.24) is 14.6 Å². The van der Waals surface area contributed by atoms with Gasteiger partial charge in [-0.2, -0.15) is 5.10 Å². The minimum Gasteiger partial charge on any atom is -0.492 e. The Kier molecular flexibility index (Phi) is 5.99. The van der Waals surface area contributed by atoms with Crippen molar-refractivity contribution in [3.8, 4) is 0 Å². The molecule has 0 aliphatic carbocycles. The van der Waals surface area contributed by atoms with E-state index in [1.165, 1.54) is 6.33 Å². The van der Waals surface area contributed by atoms with E-state index in [4.69, 9.17) is 19.3 Å². The Hall–Kier alpha value is -1.69. The topological polar surface area (TPSA) is 83.9 Å². The van der Waals surface area contributed by atoms with Crippen molar-refractivity contribution in [2.75, 3.05) is 12.3 Å². The highest BCUT2D eigenvalue weighted by atomic mass is 28.4. The van der Waals surface area contributed by atoms with Crippen molar-refractivity contribution in [1.29, 1.82) is 0 Å². The normalized spacial score (nSPS) is 23.1. The molecule has 2 aromatic rings. The van der Waals surface area contributed by atoms with E-state index in [0.717, 1.165) is 11.2 Å². The molecule has 0 saturated carbocycles. The zero-order valence-corrected chi connectivity index (χ0v) is 23.4. The van der Waals surface area contributed by atoms with E-state index in [2.05, 4.69) is 84.4 Å². The SMILES string of the molecule is C=C1OC[C@@](O[Si](C)(C)C(C)(C)C)(c2ccc3c(N)ncnn23)C1O[Si](C)(C)C(C)(C)C. The van der Waals surface area contributed by atoms with Gasteiger partial charge in [0.15, 0.2) is 28.1 Å². The summed E-state index contributed by atoms with van der Waals surface area (Å²) in [6.07, 6.45) is 1.02. The van der Waals surface area contributed by atoms with Gasteiger partial charge in [0, 0.05) is 0 Å². The van der Waals surface area contributed by atoms with Crippen LogP contribution in [0.25, 0.3) is 5.52 Å². The van der Waals surface area contributed by atoms with Crippen LogP contribution in [0, 0.1) is 0 Å². The Morgan fingerprint density at radius 3 is 2.25 bits per heavy atom. The van der Waals surface area contributed by atoms with Crippen molar-refractivity contribution < 1.29 is 13.6 Å². The average Bonchev–Trinajstić information content (AvgIpc) is 3.18. The maximum atomic E-state index is 7.21. The molecule has 0 bridgehead atoms. The first kappa shape index (κ1) is 24.9. The summed E-state index contributed by atoms with van der Waals surface area (Å²) in [6.45, 7) is 26.9. The van der Waals surface area contributed by atoms with E-state index in [1.54, 1.807) is 0 Å². The number of nitrogens with zero attached hydrogens (tertiary/aromatic N) is 3. The van der Waals surface area contributed by atoms with E-state index in [-0.39, 0.29) is 10.1 Å². The molecule has 7 nitrogen and oxygen atoms in total. The van der Waals surface area contributed by atoms with Gasteiger partial charge >= 0.3 is 0 Å². The number of ether oxygens (including phenoxy) is 1. The average molecular weight is 477 g/mol. The standard InChI is InChI=1S/C23H40N4O3Si2/c1-16-19(29-31(8,9)21(2,3)4)23(14-28-16,30-32(10,11)22(5,6)7)18-13-12-17-20(24)25-15-26-27(17)18/h12-13,15,19H,1,14H2,2-11H3,(H2,24,25,26)/t19?,23-/m1/s1. The number of hydrogen-bond donors (Lipinski definition) is 1. The third kappa shape index (κ3) is 4.04. The molecule has 1 saturated heterocycles. The second-order valence-electron chi connectivity index (χ2n) is 11.9. The first-order valence-electron chi connectivity index (χ1n) is 11.2. The van der Waals surface area contributed by atoms with Crippen LogP contribution in [0.1, 0.15) is 47.2 Å². The van der Waals surface area contributed by atoms with Gasteiger partial charge in [-0.1, -0.05) is 48.1 Å². The van der Waals surface area contributed by atoms with Crippen LogP contribution in [-0.4, -0.2) is 43.9 Å². The minimum absolute atomic E-state index is 0.00742. The monoisotopic (exact) mass is 476 g/mol. The first-order chi connectivity index (χ1) is 14.4. The Balaban J connectivity index is 2.24. The van der Waals surface area contributed by atoms with Crippen molar-refractivity contribution >= 4 is 28.0 Å². The number of aromatic nitrogens is 3. The van der Waals surface area contributed by atoms with Gasteiger partial charge in [0.1, 0.15) is 30.3 Å². The third-order valence-electron chi connectivity index (χ3n) is 7.57. The molecule has 0 amide bonds. The van der Waals surface area contributed by atoms with E-state index in [9.17, 15) is 0 Å². The predicted octanol–water partition coefficient (Wildman–Crippen LogP) is 5.46. The number of anilines is 1. The Morgan fingerprint density at radius 1 is 1.09 bits per heavy atom. The van der Waals surface area contributed by atoms with Crippen molar-refractivity contribution in [2.24, 2.45) is 0 Å². The van der Waals surface area contributed by atoms with Gasteiger partial charge in [-0.05, 0) is 48.4 Å². The van der Waals surface area contributed by atoms with Gasteiger partial charge in [0.2, 0.25) is 0 Å². The quantitative estimate of drug-likeness (QED) is 0.577. The fourth-order valence-corrected chi connectivity index (χ4v) is 6.22. The second kappa shape index (κ2) is 7.68. The van der Waals surface area contributed by atoms with E-state index in [1.807, 2.05) is 16.6 Å². The highest BCUT2D eigenvalue weighted by Gasteiger charge is 2.59. The molecule has 0 spiro atoms. The molecule has 2 N–H and O–H groups in total. The molecule has 3 heterocycles. The number of nitrogens with two attached hydrogens (primary N) is 1. The lowest BCUT2D eigenvalue weighted by atomic mass is 9.95. The fourth-order valence-electron chi connectivity index (χ4n) is 3.47. The molecule has 1 fully saturated rings. The zero-order valence-electron chi connectivity index (χ0n) is 21.4. The summed E-state index contributed by atoms with van der Waals surface area (Å²) in [7, 11) is -4.45.